The Morgan fingerprint density at radius 3 is 2.65 bits per heavy atom. The van der Waals surface area contributed by atoms with E-state index in [-0.39, 0.29) is 11.9 Å². The fourth-order valence-corrected chi connectivity index (χ4v) is 4.87. The van der Waals surface area contributed by atoms with Gasteiger partial charge in [-0.3, -0.25) is 14.7 Å². The highest BCUT2D eigenvalue weighted by atomic mass is 16.5. The van der Waals surface area contributed by atoms with Crippen molar-refractivity contribution in [3.05, 3.63) is 94.8 Å². The van der Waals surface area contributed by atoms with Gasteiger partial charge in [0.1, 0.15) is 12.4 Å². The van der Waals surface area contributed by atoms with Gasteiger partial charge < -0.3 is 19.5 Å². The average molecular weight is 502 g/mol. The van der Waals surface area contributed by atoms with Crippen molar-refractivity contribution in [3.8, 4) is 5.75 Å². The van der Waals surface area contributed by atoms with Crippen LogP contribution >= 0.6 is 0 Å². The van der Waals surface area contributed by atoms with E-state index in [4.69, 9.17) is 14.2 Å². The Bertz CT molecular complexity index is 1160. The first-order valence-electron chi connectivity index (χ1n) is 13.1. The molecule has 194 valence electrons. The zero-order chi connectivity index (χ0) is 25.3. The number of hydrogen-bond donors (Lipinski definition) is 1. The van der Waals surface area contributed by atoms with Crippen molar-refractivity contribution in [2.75, 3.05) is 39.6 Å². The van der Waals surface area contributed by atoms with Crippen LogP contribution in [0.25, 0.3) is 0 Å². The van der Waals surface area contributed by atoms with Gasteiger partial charge in [0.2, 0.25) is 0 Å². The first kappa shape index (κ1) is 25.4. The normalized spacial score (nSPS) is 17.7. The predicted octanol–water partition coefficient (Wildman–Crippen LogP) is 3.99. The van der Waals surface area contributed by atoms with Crippen LogP contribution in [0.5, 0.6) is 5.75 Å². The van der Waals surface area contributed by atoms with Gasteiger partial charge in [0.05, 0.1) is 18.9 Å². The average Bonchev–Trinajstić information content (AvgIpc) is 2.92. The lowest BCUT2D eigenvalue weighted by molar-refractivity contribution is 0.0696. The van der Waals surface area contributed by atoms with Gasteiger partial charge in [0, 0.05) is 57.1 Å². The van der Waals surface area contributed by atoms with Gasteiger partial charge in [-0.2, -0.15) is 0 Å². The largest absolute Gasteiger partial charge is 0.491 e. The molecule has 1 saturated heterocycles. The fourth-order valence-electron chi connectivity index (χ4n) is 4.87. The number of ether oxygens (including phenoxy) is 3. The number of nitrogens with one attached hydrogen (secondary N) is 1. The Morgan fingerprint density at radius 1 is 0.919 bits per heavy atom. The first-order chi connectivity index (χ1) is 18.2. The zero-order valence-corrected chi connectivity index (χ0v) is 21.2. The maximum Gasteiger partial charge on any atom is 0.251 e. The van der Waals surface area contributed by atoms with Gasteiger partial charge in [-0.15, -0.1) is 0 Å². The summed E-state index contributed by atoms with van der Waals surface area (Å²) in [7, 11) is 0. The molecule has 1 N–H and O–H groups in total. The van der Waals surface area contributed by atoms with Gasteiger partial charge in [-0.05, 0) is 59.9 Å². The van der Waals surface area contributed by atoms with Crippen LogP contribution in [0.4, 0.5) is 0 Å². The van der Waals surface area contributed by atoms with E-state index in [1.54, 1.807) is 0 Å². The molecule has 1 amide bonds. The summed E-state index contributed by atoms with van der Waals surface area (Å²) < 4.78 is 17.4. The van der Waals surface area contributed by atoms with Crippen molar-refractivity contribution in [1.29, 1.82) is 0 Å². The Balaban J connectivity index is 1.35. The van der Waals surface area contributed by atoms with E-state index in [9.17, 15) is 4.79 Å². The molecule has 2 aliphatic rings. The molecule has 3 aromatic rings. The summed E-state index contributed by atoms with van der Waals surface area (Å²) in [5.74, 6) is 0.752. The third-order valence-electron chi connectivity index (χ3n) is 6.82. The number of amides is 1. The molecule has 1 fully saturated rings. The van der Waals surface area contributed by atoms with Gasteiger partial charge in [-0.1, -0.05) is 30.3 Å². The van der Waals surface area contributed by atoms with Crippen molar-refractivity contribution in [1.82, 2.24) is 15.2 Å². The predicted molar refractivity (Wildman–Crippen MR) is 142 cm³/mol. The summed E-state index contributed by atoms with van der Waals surface area (Å²) in [6.45, 7) is 5.36. The quantitative estimate of drug-likeness (QED) is 0.583. The number of pyridine rings is 1. The van der Waals surface area contributed by atoms with Crippen molar-refractivity contribution in [2.45, 2.75) is 38.4 Å². The van der Waals surface area contributed by atoms with E-state index in [1.165, 1.54) is 11.1 Å². The molecule has 2 bridgehead atoms. The number of carbonyl (C=O) groups is 1. The lowest BCUT2D eigenvalue weighted by Crippen LogP contribution is -2.38. The molecule has 5 rings (SSSR count). The van der Waals surface area contributed by atoms with Crippen LogP contribution in [0, 0.1) is 0 Å². The van der Waals surface area contributed by atoms with Crippen LogP contribution in [0.3, 0.4) is 0 Å². The van der Waals surface area contributed by atoms with Crippen LogP contribution in [-0.2, 0) is 29.0 Å². The van der Waals surface area contributed by atoms with Crippen molar-refractivity contribution >= 4 is 5.91 Å². The number of nitrogens with zero attached hydrogens (tertiary/aromatic N) is 2. The minimum Gasteiger partial charge on any atom is -0.491 e. The lowest BCUT2D eigenvalue weighted by Gasteiger charge is -2.24. The van der Waals surface area contributed by atoms with Crippen molar-refractivity contribution < 1.29 is 19.0 Å². The van der Waals surface area contributed by atoms with Crippen molar-refractivity contribution in [2.24, 2.45) is 0 Å². The van der Waals surface area contributed by atoms with Crippen molar-refractivity contribution in [3.63, 3.8) is 0 Å². The molecule has 0 radical (unpaired) electrons. The summed E-state index contributed by atoms with van der Waals surface area (Å²) in [5.41, 5.74) is 5.13. The van der Waals surface area contributed by atoms with Gasteiger partial charge in [-0.25, -0.2) is 0 Å². The van der Waals surface area contributed by atoms with Crippen LogP contribution in [0.2, 0.25) is 0 Å². The topological polar surface area (TPSA) is 72.9 Å². The summed E-state index contributed by atoms with van der Waals surface area (Å²) in [6, 6.07) is 20.6. The summed E-state index contributed by atoms with van der Waals surface area (Å²) in [4.78, 5) is 19.9. The third kappa shape index (κ3) is 7.38. The number of hydrogen-bond acceptors (Lipinski definition) is 6. The minimum absolute atomic E-state index is 0.0450. The SMILES string of the molecule is O=C(NC1CCOCC1)c1ccc2c(c1)Cc1cccc(c1)CN(Cc1ccccn1)CCOCCO2. The summed E-state index contributed by atoms with van der Waals surface area (Å²) >= 11 is 0. The van der Waals surface area contributed by atoms with Crippen LogP contribution < -0.4 is 10.1 Å². The van der Waals surface area contributed by atoms with E-state index in [0.29, 0.717) is 45.0 Å². The molecule has 2 aliphatic heterocycles. The van der Waals surface area contributed by atoms with Crippen LogP contribution in [0.15, 0.2) is 66.9 Å². The molecule has 0 saturated carbocycles. The van der Waals surface area contributed by atoms with Gasteiger partial charge >= 0.3 is 0 Å². The lowest BCUT2D eigenvalue weighted by atomic mass is 9.99. The van der Waals surface area contributed by atoms with Crippen LogP contribution in [-0.4, -0.2) is 61.4 Å². The highest BCUT2D eigenvalue weighted by Crippen LogP contribution is 2.25. The summed E-state index contributed by atoms with van der Waals surface area (Å²) in [6.07, 6.45) is 4.22. The molecule has 7 heteroatoms. The van der Waals surface area contributed by atoms with Crippen LogP contribution in [0.1, 0.15) is 45.6 Å². The number of rotatable bonds is 4. The molecule has 2 aromatic carbocycles. The molecular formula is C30H35N3O4. The smallest absolute Gasteiger partial charge is 0.251 e. The Kier molecular flexibility index (Phi) is 8.79. The molecule has 7 nitrogen and oxygen atoms in total. The first-order valence-corrected chi connectivity index (χ1v) is 13.1. The maximum absolute atomic E-state index is 13.0. The third-order valence-corrected chi connectivity index (χ3v) is 6.82. The standard InChI is InChI=1S/C30H35N3O4/c34-30(32-27-9-13-35-14-10-27)25-7-8-29-26(20-25)19-23-4-3-5-24(18-23)21-33(12-15-36-16-17-37-29)22-28-6-1-2-11-31-28/h1-8,11,18,20,27H,9-10,12-17,19,21-22H2,(H,32,34). The number of aromatic nitrogens is 1. The second kappa shape index (κ2) is 12.8. The monoisotopic (exact) mass is 501 g/mol. The molecule has 0 spiro atoms. The van der Waals surface area contributed by atoms with E-state index < -0.39 is 0 Å². The van der Waals surface area contributed by atoms with E-state index in [2.05, 4.69) is 45.5 Å². The Morgan fingerprint density at radius 2 is 1.78 bits per heavy atom. The summed E-state index contributed by atoms with van der Waals surface area (Å²) in [5, 5.41) is 3.17. The number of benzene rings is 2. The molecule has 37 heavy (non-hydrogen) atoms. The minimum atomic E-state index is -0.0450. The van der Waals surface area contributed by atoms with E-state index in [0.717, 1.165) is 49.5 Å². The molecule has 0 unspecified atom stereocenters. The maximum atomic E-state index is 13.0. The molecule has 0 aliphatic carbocycles. The molecular weight excluding hydrogens is 466 g/mol. The molecule has 0 atom stereocenters. The second-order valence-corrected chi connectivity index (χ2v) is 9.67. The highest BCUT2D eigenvalue weighted by Gasteiger charge is 2.19. The van der Waals surface area contributed by atoms with E-state index in [1.807, 2.05) is 36.5 Å². The second-order valence-electron chi connectivity index (χ2n) is 9.67. The Hall–Kier alpha value is -3.26. The molecule has 3 heterocycles. The van der Waals surface area contributed by atoms with Gasteiger partial charge in [0.25, 0.3) is 5.91 Å². The number of fused-ring (bicyclic) bond motifs is 3. The van der Waals surface area contributed by atoms with Gasteiger partial charge in [0.15, 0.2) is 0 Å². The van der Waals surface area contributed by atoms with E-state index >= 15 is 0 Å². The highest BCUT2D eigenvalue weighted by molar-refractivity contribution is 5.94. The Labute approximate surface area is 218 Å². The molecule has 1 aromatic heterocycles. The number of carbonyl (C=O) groups excluding carboxylic acids is 1. The zero-order valence-electron chi connectivity index (χ0n) is 21.2. The fraction of sp³-hybridized carbons (Fsp3) is 0.400.